The summed E-state index contributed by atoms with van der Waals surface area (Å²) in [7, 11) is 1.82. The minimum absolute atomic E-state index is 0.129. The lowest BCUT2D eigenvalue weighted by Gasteiger charge is -1.94. The highest BCUT2D eigenvalue weighted by Crippen LogP contribution is 2.15. The maximum atomic E-state index is 10.4. The van der Waals surface area contributed by atoms with E-state index >= 15 is 0 Å². The van der Waals surface area contributed by atoms with E-state index in [4.69, 9.17) is 0 Å². The lowest BCUT2D eigenvalue weighted by atomic mass is 10.2. The number of hydrogen-bond acceptors (Lipinski definition) is 3. The average Bonchev–Trinajstić information content (AvgIpc) is 2.32. The molecule has 14 heavy (non-hydrogen) atoms. The monoisotopic (exact) mass is 195 g/mol. The highest BCUT2D eigenvalue weighted by atomic mass is 16.6. The van der Waals surface area contributed by atoms with E-state index in [0.717, 1.165) is 17.0 Å². The van der Waals surface area contributed by atoms with Crippen molar-refractivity contribution in [2.24, 2.45) is 7.05 Å². The summed E-state index contributed by atoms with van der Waals surface area (Å²) < 4.78 is 1.72. The predicted octanol–water partition coefficient (Wildman–Crippen LogP) is 1.67. The van der Waals surface area contributed by atoms with Crippen LogP contribution in [0.4, 0.5) is 0 Å². The van der Waals surface area contributed by atoms with Gasteiger partial charge in [0, 0.05) is 31.3 Å². The van der Waals surface area contributed by atoms with Crippen LogP contribution in [0, 0.1) is 24.0 Å². The van der Waals surface area contributed by atoms with Crippen LogP contribution in [0.3, 0.4) is 0 Å². The second-order valence-corrected chi connectivity index (χ2v) is 3.25. The Bertz CT molecular complexity index is 404. The van der Waals surface area contributed by atoms with Crippen LogP contribution in [0.1, 0.15) is 23.9 Å². The number of aromatic nitrogens is 2. The van der Waals surface area contributed by atoms with Crippen LogP contribution in [0.25, 0.3) is 6.08 Å². The molecule has 0 atom stereocenters. The molecular formula is C9H13N3O2. The Morgan fingerprint density at radius 1 is 1.57 bits per heavy atom. The van der Waals surface area contributed by atoms with E-state index in [9.17, 15) is 10.1 Å². The van der Waals surface area contributed by atoms with Crippen LogP contribution in [0.15, 0.2) is 5.70 Å². The molecule has 1 rings (SSSR count). The molecule has 0 fully saturated rings. The van der Waals surface area contributed by atoms with E-state index in [1.165, 1.54) is 6.92 Å². The second-order valence-electron chi connectivity index (χ2n) is 3.25. The van der Waals surface area contributed by atoms with E-state index in [1.54, 1.807) is 10.8 Å². The smallest absolute Gasteiger partial charge is 0.243 e. The van der Waals surface area contributed by atoms with Gasteiger partial charge in [-0.05, 0) is 13.8 Å². The zero-order valence-corrected chi connectivity index (χ0v) is 8.74. The quantitative estimate of drug-likeness (QED) is 0.532. The fourth-order valence-corrected chi connectivity index (χ4v) is 1.26. The molecule has 76 valence electrons. The molecule has 0 spiro atoms. The lowest BCUT2D eigenvalue weighted by Crippen LogP contribution is -1.95. The number of rotatable bonds is 2. The maximum Gasteiger partial charge on any atom is 0.243 e. The third-order valence-electron chi connectivity index (χ3n) is 2.21. The van der Waals surface area contributed by atoms with Gasteiger partial charge in [0.15, 0.2) is 0 Å². The van der Waals surface area contributed by atoms with Gasteiger partial charge < -0.3 is 0 Å². The van der Waals surface area contributed by atoms with Crippen LogP contribution >= 0.6 is 0 Å². The van der Waals surface area contributed by atoms with Gasteiger partial charge in [-0.15, -0.1) is 0 Å². The summed E-state index contributed by atoms with van der Waals surface area (Å²) >= 11 is 0. The Labute approximate surface area is 82.2 Å². The summed E-state index contributed by atoms with van der Waals surface area (Å²) in [6, 6.07) is 0. The van der Waals surface area contributed by atoms with Gasteiger partial charge in [-0.1, -0.05) is 0 Å². The SMILES string of the molecule is C/C(=C\c1c(C)nn(C)c1C)[N+](=O)[O-]. The van der Waals surface area contributed by atoms with Gasteiger partial charge >= 0.3 is 0 Å². The van der Waals surface area contributed by atoms with E-state index in [-0.39, 0.29) is 5.70 Å². The molecule has 0 aliphatic carbocycles. The van der Waals surface area contributed by atoms with E-state index in [0.29, 0.717) is 0 Å². The first kappa shape index (κ1) is 10.4. The van der Waals surface area contributed by atoms with Crippen molar-refractivity contribution >= 4 is 6.08 Å². The standard InChI is InChI=1S/C9H13N3O2/c1-6(12(13)14)5-9-7(2)10-11(4)8(9)3/h5H,1-4H3/b6-5+. The number of nitro groups is 1. The summed E-state index contributed by atoms with van der Waals surface area (Å²) in [4.78, 5) is 10.0. The van der Waals surface area contributed by atoms with Gasteiger partial charge in [-0.25, -0.2) is 0 Å². The Morgan fingerprint density at radius 2 is 2.14 bits per heavy atom. The molecule has 0 bridgehead atoms. The maximum absolute atomic E-state index is 10.4. The number of aryl methyl sites for hydroxylation is 2. The Morgan fingerprint density at radius 3 is 2.50 bits per heavy atom. The highest BCUT2D eigenvalue weighted by Gasteiger charge is 2.10. The molecule has 1 aromatic heterocycles. The Balaban J connectivity index is 3.20. The molecule has 0 aliphatic rings. The molecule has 1 aromatic rings. The molecule has 0 N–H and O–H groups in total. The molecule has 5 heteroatoms. The summed E-state index contributed by atoms with van der Waals surface area (Å²) in [5, 5.41) is 14.6. The number of hydrogen-bond donors (Lipinski definition) is 0. The van der Waals surface area contributed by atoms with Gasteiger partial charge in [0.2, 0.25) is 5.70 Å². The summed E-state index contributed by atoms with van der Waals surface area (Å²) in [6.07, 6.45) is 1.55. The first-order valence-electron chi connectivity index (χ1n) is 4.26. The van der Waals surface area contributed by atoms with Gasteiger partial charge in [-0.2, -0.15) is 5.10 Å². The van der Waals surface area contributed by atoms with Crippen molar-refractivity contribution in [3.05, 3.63) is 32.8 Å². The zero-order chi connectivity index (χ0) is 10.9. The Hall–Kier alpha value is -1.65. The molecule has 0 saturated carbocycles. The fourth-order valence-electron chi connectivity index (χ4n) is 1.26. The molecule has 0 amide bonds. The van der Waals surface area contributed by atoms with Crippen LogP contribution in [-0.2, 0) is 7.05 Å². The van der Waals surface area contributed by atoms with Crippen molar-refractivity contribution in [1.29, 1.82) is 0 Å². The summed E-state index contributed by atoms with van der Waals surface area (Å²) in [5.74, 6) is 0. The molecule has 0 radical (unpaired) electrons. The van der Waals surface area contributed by atoms with E-state index in [1.807, 2.05) is 20.9 Å². The van der Waals surface area contributed by atoms with E-state index in [2.05, 4.69) is 5.10 Å². The second kappa shape index (κ2) is 3.61. The highest BCUT2D eigenvalue weighted by molar-refractivity contribution is 5.55. The van der Waals surface area contributed by atoms with Crippen molar-refractivity contribution in [3.63, 3.8) is 0 Å². The molecule has 1 heterocycles. The minimum Gasteiger partial charge on any atom is -0.272 e. The summed E-state index contributed by atoms with van der Waals surface area (Å²) in [5.41, 5.74) is 2.71. The largest absolute Gasteiger partial charge is 0.272 e. The first-order chi connectivity index (χ1) is 6.43. The molecule has 0 aliphatic heterocycles. The summed E-state index contributed by atoms with van der Waals surface area (Å²) in [6.45, 7) is 5.21. The van der Waals surface area contributed by atoms with Gasteiger partial charge in [0.05, 0.1) is 10.6 Å². The van der Waals surface area contributed by atoms with Crippen molar-refractivity contribution in [3.8, 4) is 0 Å². The zero-order valence-electron chi connectivity index (χ0n) is 8.74. The van der Waals surface area contributed by atoms with Crippen LogP contribution < -0.4 is 0 Å². The predicted molar refractivity (Wildman–Crippen MR) is 53.3 cm³/mol. The molecule has 5 nitrogen and oxygen atoms in total. The van der Waals surface area contributed by atoms with Crippen molar-refractivity contribution in [1.82, 2.24) is 9.78 Å². The third kappa shape index (κ3) is 1.81. The molecule has 0 unspecified atom stereocenters. The number of allylic oxidation sites excluding steroid dienone is 1. The number of nitrogens with zero attached hydrogens (tertiary/aromatic N) is 3. The molecule has 0 aromatic carbocycles. The van der Waals surface area contributed by atoms with Gasteiger partial charge in [-0.3, -0.25) is 14.8 Å². The van der Waals surface area contributed by atoms with Crippen molar-refractivity contribution in [2.45, 2.75) is 20.8 Å². The van der Waals surface area contributed by atoms with Crippen molar-refractivity contribution in [2.75, 3.05) is 0 Å². The lowest BCUT2D eigenvalue weighted by molar-refractivity contribution is -0.422. The average molecular weight is 195 g/mol. The molecule has 0 saturated heterocycles. The fraction of sp³-hybridized carbons (Fsp3) is 0.444. The van der Waals surface area contributed by atoms with Crippen LogP contribution in [0.2, 0.25) is 0 Å². The normalized spacial score (nSPS) is 11.9. The third-order valence-corrected chi connectivity index (χ3v) is 2.21. The topological polar surface area (TPSA) is 61.0 Å². The van der Waals surface area contributed by atoms with E-state index < -0.39 is 4.92 Å². The van der Waals surface area contributed by atoms with Crippen molar-refractivity contribution < 1.29 is 4.92 Å². The van der Waals surface area contributed by atoms with Gasteiger partial charge in [0.1, 0.15) is 0 Å². The van der Waals surface area contributed by atoms with Crippen LogP contribution in [-0.4, -0.2) is 14.7 Å². The van der Waals surface area contributed by atoms with Crippen LogP contribution in [0.5, 0.6) is 0 Å². The minimum atomic E-state index is -0.397. The Kier molecular flexibility index (Phi) is 2.69. The van der Waals surface area contributed by atoms with Gasteiger partial charge in [0.25, 0.3) is 0 Å². The first-order valence-corrected chi connectivity index (χ1v) is 4.26. The molecular weight excluding hydrogens is 182 g/mol.